The topological polar surface area (TPSA) is 29.5 Å². The summed E-state index contributed by atoms with van der Waals surface area (Å²) in [4.78, 5) is 0. The van der Waals surface area contributed by atoms with E-state index < -0.39 is 0 Å². The Kier molecular flexibility index (Phi) is 4.67. The van der Waals surface area contributed by atoms with E-state index in [4.69, 9.17) is 4.74 Å². The number of hydrogen-bond donors (Lipinski definition) is 1. The molecule has 0 bridgehead atoms. The third-order valence-electron chi connectivity index (χ3n) is 4.31. The van der Waals surface area contributed by atoms with Gasteiger partial charge < -0.3 is 9.84 Å². The van der Waals surface area contributed by atoms with Crippen molar-refractivity contribution in [1.82, 2.24) is 0 Å². The number of aliphatic hydroxyl groups excluding tert-OH is 1. The predicted molar refractivity (Wildman–Crippen MR) is 87.8 cm³/mol. The SMILES string of the molecule is CC(C)(C)CC(C)(C)c1ccc(O[C@H]2CCC[C@@H]2O)cc1. The van der Waals surface area contributed by atoms with Crippen LogP contribution in [0.25, 0.3) is 0 Å². The lowest BCUT2D eigenvalue weighted by molar-refractivity contribution is 0.0604. The van der Waals surface area contributed by atoms with E-state index in [2.05, 4.69) is 46.8 Å². The largest absolute Gasteiger partial charge is 0.488 e. The molecule has 0 aliphatic heterocycles. The third kappa shape index (κ3) is 4.47. The van der Waals surface area contributed by atoms with E-state index in [1.165, 1.54) is 5.56 Å². The van der Waals surface area contributed by atoms with Crippen molar-refractivity contribution in [3.05, 3.63) is 29.8 Å². The normalized spacial score (nSPS) is 23.3. The van der Waals surface area contributed by atoms with Crippen LogP contribution in [0.4, 0.5) is 0 Å². The van der Waals surface area contributed by atoms with Crippen molar-refractivity contribution >= 4 is 0 Å². The molecule has 1 aromatic carbocycles. The summed E-state index contributed by atoms with van der Waals surface area (Å²) >= 11 is 0. The van der Waals surface area contributed by atoms with Gasteiger partial charge in [0.1, 0.15) is 11.9 Å². The van der Waals surface area contributed by atoms with Gasteiger partial charge >= 0.3 is 0 Å². The van der Waals surface area contributed by atoms with E-state index in [1.807, 2.05) is 12.1 Å². The van der Waals surface area contributed by atoms with Crippen molar-refractivity contribution in [2.24, 2.45) is 5.41 Å². The van der Waals surface area contributed by atoms with Crippen molar-refractivity contribution in [1.29, 1.82) is 0 Å². The highest BCUT2D eigenvalue weighted by Crippen LogP contribution is 2.37. The lowest BCUT2D eigenvalue weighted by Gasteiger charge is -2.33. The van der Waals surface area contributed by atoms with Gasteiger partial charge in [-0.05, 0) is 54.2 Å². The average molecular weight is 290 g/mol. The molecule has 0 amide bonds. The minimum atomic E-state index is -0.304. The van der Waals surface area contributed by atoms with E-state index >= 15 is 0 Å². The molecular weight excluding hydrogens is 260 g/mol. The van der Waals surface area contributed by atoms with E-state index in [9.17, 15) is 5.11 Å². The van der Waals surface area contributed by atoms with Crippen molar-refractivity contribution < 1.29 is 9.84 Å². The Balaban J connectivity index is 2.04. The van der Waals surface area contributed by atoms with Crippen LogP contribution >= 0.6 is 0 Å². The van der Waals surface area contributed by atoms with Gasteiger partial charge in [-0.25, -0.2) is 0 Å². The Bertz CT molecular complexity index is 453. The highest BCUT2D eigenvalue weighted by Gasteiger charge is 2.28. The van der Waals surface area contributed by atoms with Gasteiger partial charge in [-0.2, -0.15) is 0 Å². The van der Waals surface area contributed by atoms with Gasteiger partial charge in [-0.15, -0.1) is 0 Å². The molecule has 21 heavy (non-hydrogen) atoms. The van der Waals surface area contributed by atoms with Crippen LogP contribution in [0.1, 0.15) is 65.9 Å². The molecule has 2 rings (SSSR count). The molecule has 0 aromatic heterocycles. The quantitative estimate of drug-likeness (QED) is 0.871. The number of hydrogen-bond acceptors (Lipinski definition) is 2. The van der Waals surface area contributed by atoms with Crippen LogP contribution in [0.15, 0.2) is 24.3 Å². The molecule has 118 valence electrons. The van der Waals surface area contributed by atoms with Gasteiger partial charge in [-0.3, -0.25) is 0 Å². The fourth-order valence-corrected chi connectivity index (χ4v) is 3.63. The van der Waals surface area contributed by atoms with Crippen molar-refractivity contribution in [3.8, 4) is 5.75 Å². The van der Waals surface area contributed by atoms with Gasteiger partial charge in [0.2, 0.25) is 0 Å². The van der Waals surface area contributed by atoms with Gasteiger partial charge in [0.05, 0.1) is 6.10 Å². The molecule has 0 spiro atoms. The van der Waals surface area contributed by atoms with E-state index in [0.717, 1.165) is 31.4 Å². The zero-order chi connectivity index (χ0) is 15.7. The van der Waals surface area contributed by atoms with Crippen LogP contribution in [0.5, 0.6) is 5.75 Å². The Morgan fingerprint density at radius 2 is 1.67 bits per heavy atom. The van der Waals surface area contributed by atoms with Crippen LogP contribution in [0, 0.1) is 5.41 Å². The average Bonchev–Trinajstić information content (AvgIpc) is 2.73. The van der Waals surface area contributed by atoms with Gasteiger partial charge in [0.15, 0.2) is 0 Å². The molecule has 1 fully saturated rings. The Morgan fingerprint density at radius 3 is 2.14 bits per heavy atom. The van der Waals surface area contributed by atoms with E-state index in [-0.39, 0.29) is 17.6 Å². The second-order valence-electron chi connectivity index (χ2n) is 8.30. The summed E-state index contributed by atoms with van der Waals surface area (Å²) in [5.74, 6) is 0.872. The first-order valence-corrected chi connectivity index (χ1v) is 8.13. The summed E-state index contributed by atoms with van der Waals surface area (Å²) in [5, 5.41) is 9.84. The first kappa shape index (κ1) is 16.4. The minimum Gasteiger partial charge on any atom is -0.488 e. The summed E-state index contributed by atoms with van der Waals surface area (Å²) in [6, 6.07) is 8.43. The van der Waals surface area contributed by atoms with Crippen molar-refractivity contribution in [2.45, 2.75) is 77.9 Å². The Hall–Kier alpha value is -1.02. The first-order chi connectivity index (χ1) is 9.67. The second kappa shape index (κ2) is 6.00. The second-order valence-corrected chi connectivity index (χ2v) is 8.30. The highest BCUT2D eigenvalue weighted by atomic mass is 16.5. The molecule has 0 radical (unpaired) electrons. The molecule has 1 aliphatic carbocycles. The highest BCUT2D eigenvalue weighted by molar-refractivity contribution is 5.32. The molecule has 2 nitrogen and oxygen atoms in total. The minimum absolute atomic E-state index is 0.0292. The monoisotopic (exact) mass is 290 g/mol. The molecule has 0 saturated heterocycles. The number of rotatable bonds is 4. The number of aliphatic hydroxyl groups is 1. The van der Waals surface area contributed by atoms with Crippen LogP contribution in [0.2, 0.25) is 0 Å². The van der Waals surface area contributed by atoms with Crippen LogP contribution in [-0.4, -0.2) is 17.3 Å². The molecule has 1 aromatic rings. The first-order valence-electron chi connectivity index (χ1n) is 8.13. The lowest BCUT2D eigenvalue weighted by Crippen LogP contribution is -2.26. The Morgan fingerprint density at radius 1 is 1.05 bits per heavy atom. The molecule has 1 saturated carbocycles. The predicted octanol–water partition coefficient (Wildman–Crippen LogP) is 4.69. The molecule has 1 aliphatic rings. The standard InChI is InChI=1S/C19H30O2/c1-18(2,3)13-19(4,5)14-9-11-15(12-10-14)21-17-8-6-7-16(17)20/h9-12,16-17,20H,6-8,13H2,1-5H3/t16-,17-/m0/s1. The molecule has 2 heteroatoms. The maximum atomic E-state index is 9.84. The maximum Gasteiger partial charge on any atom is 0.124 e. The van der Waals surface area contributed by atoms with Gasteiger partial charge in [0, 0.05) is 0 Å². The zero-order valence-electron chi connectivity index (χ0n) is 14.1. The van der Waals surface area contributed by atoms with Gasteiger partial charge in [-0.1, -0.05) is 46.8 Å². The van der Waals surface area contributed by atoms with Crippen LogP contribution in [-0.2, 0) is 5.41 Å². The van der Waals surface area contributed by atoms with Crippen LogP contribution in [0.3, 0.4) is 0 Å². The van der Waals surface area contributed by atoms with Crippen molar-refractivity contribution in [3.63, 3.8) is 0 Å². The molecule has 0 heterocycles. The van der Waals surface area contributed by atoms with E-state index in [1.54, 1.807) is 0 Å². The van der Waals surface area contributed by atoms with E-state index in [0.29, 0.717) is 5.41 Å². The summed E-state index contributed by atoms with van der Waals surface area (Å²) in [6.07, 6.45) is 3.68. The van der Waals surface area contributed by atoms with Gasteiger partial charge in [0.25, 0.3) is 0 Å². The summed E-state index contributed by atoms with van der Waals surface area (Å²) in [7, 11) is 0. The third-order valence-corrected chi connectivity index (χ3v) is 4.31. The molecular formula is C19H30O2. The molecule has 2 atom stereocenters. The Labute approximate surface area is 129 Å². The number of benzene rings is 1. The summed E-state index contributed by atoms with van der Waals surface area (Å²) in [6.45, 7) is 11.5. The zero-order valence-corrected chi connectivity index (χ0v) is 14.1. The maximum absolute atomic E-state index is 9.84. The summed E-state index contributed by atoms with van der Waals surface area (Å²) < 4.78 is 5.91. The number of ether oxygens (including phenoxy) is 1. The fourth-order valence-electron chi connectivity index (χ4n) is 3.63. The summed E-state index contributed by atoms with van der Waals surface area (Å²) in [5.41, 5.74) is 1.81. The molecule has 0 unspecified atom stereocenters. The molecule has 1 N–H and O–H groups in total. The smallest absolute Gasteiger partial charge is 0.124 e. The van der Waals surface area contributed by atoms with Crippen molar-refractivity contribution in [2.75, 3.05) is 0 Å². The van der Waals surface area contributed by atoms with Crippen LogP contribution < -0.4 is 4.74 Å². The lowest BCUT2D eigenvalue weighted by atomic mass is 9.72. The fraction of sp³-hybridized carbons (Fsp3) is 0.684.